The van der Waals surface area contributed by atoms with Crippen LogP contribution in [-0.2, 0) is 16.1 Å². The van der Waals surface area contributed by atoms with E-state index in [2.05, 4.69) is 4.90 Å². The van der Waals surface area contributed by atoms with Crippen LogP contribution in [0.5, 0.6) is 5.75 Å². The van der Waals surface area contributed by atoms with Gasteiger partial charge >= 0.3 is 0 Å². The van der Waals surface area contributed by atoms with E-state index in [1.165, 1.54) is 25.0 Å². The lowest BCUT2D eigenvalue weighted by atomic mass is 9.92. The standard InChI is InChI=1S/C30H38FN3O3/c1-22(35)33-16-14-26-8-5-9-27(34(26)19-23-12-13-23)21-32(20-24-6-2-3-11-29(24)33)30(36)15-17-37-28-10-4-7-25(31)18-28/h2-4,6-7,10-11,18,23,26-27H,5,8-9,12-17,19-21H2,1H3. The minimum absolute atomic E-state index is 0.0216. The highest BCUT2D eigenvalue weighted by Gasteiger charge is 2.37. The lowest BCUT2D eigenvalue weighted by molar-refractivity contribution is -0.133. The summed E-state index contributed by atoms with van der Waals surface area (Å²) in [7, 11) is 0. The number of ether oxygens (including phenoxy) is 1. The molecular formula is C30H38FN3O3. The summed E-state index contributed by atoms with van der Waals surface area (Å²) in [5, 5.41) is 0. The van der Waals surface area contributed by atoms with Crippen molar-refractivity contribution in [2.75, 3.05) is 31.1 Å². The van der Waals surface area contributed by atoms with E-state index in [1.807, 2.05) is 34.1 Å². The van der Waals surface area contributed by atoms with Gasteiger partial charge in [0, 0.05) is 56.9 Å². The molecule has 0 radical (unpaired) electrons. The van der Waals surface area contributed by atoms with Crippen molar-refractivity contribution in [2.24, 2.45) is 5.92 Å². The molecule has 1 saturated carbocycles. The smallest absolute Gasteiger partial charge is 0.226 e. The average molecular weight is 508 g/mol. The number of anilines is 1. The van der Waals surface area contributed by atoms with Crippen molar-refractivity contribution in [3.05, 3.63) is 59.9 Å². The van der Waals surface area contributed by atoms with Crippen LogP contribution in [0.4, 0.5) is 10.1 Å². The lowest BCUT2D eigenvalue weighted by Crippen LogP contribution is -2.53. The number of nitrogens with zero attached hydrogens (tertiary/aromatic N) is 3. The van der Waals surface area contributed by atoms with Crippen molar-refractivity contribution < 1.29 is 18.7 Å². The second kappa shape index (κ2) is 11.6. The minimum atomic E-state index is -0.356. The molecule has 198 valence electrons. The van der Waals surface area contributed by atoms with E-state index >= 15 is 0 Å². The third-order valence-electron chi connectivity index (χ3n) is 8.05. The van der Waals surface area contributed by atoms with Crippen LogP contribution in [0.25, 0.3) is 0 Å². The van der Waals surface area contributed by atoms with Crippen LogP contribution in [0.3, 0.4) is 0 Å². The van der Waals surface area contributed by atoms with E-state index < -0.39 is 0 Å². The molecule has 1 saturated heterocycles. The summed E-state index contributed by atoms with van der Waals surface area (Å²) in [6.07, 6.45) is 7.13. The van der Waals surface area contributed by atoms with E-state index in [0.29, 0.717) is 37.5 Å². The fraction of sp³-hybridized carbons (Fsp3) is 0.533. The van der Waals surface area contributed by atoms with Gasteiger partial charge in [-0.2, -0.15) is 0 Å². The first-order chi connectivity index (χ1) is 18.0. The molecule has 2 fully saturated rings. The number of carbonyl (C=O) groups excluding carboxylic acids is 2. The number of piperidine rings is 1. The monoisotopic (exact) mass is 507 g/mol. The number of carbonyl (C=O) groups is 2. The van der Waals surface area contributed by atoms with Gasteiger partial charge in [-0.05, 0) is 61.8 Å². The van der Waals surface area contributed by atoms with Gasteiger partial charge in [-0.1, -0.05) is 30.7 Å². The zero-order chi connectivity index (χ0) is 25.8. The Labute approximate surface area is 219 Å². The van der Waals surface area contributed by atoms with Crippen LogP contribution < -0.4 is 9.64 Å². The van der Waals surface area contributed by atoms with Crippen LogP contribution in [0.15, 0.2) is 48.5 Å². The normalized spacial score (nSPS) is 22.6. The molecule has 2 aromatic carbocycles. The summed E-state index contributed by atoms with van der Waals surface area (Å²) in [4.78, 5) is 32.9. The van der Waals surface area contributed by atoms with Gasteiger partial charge in [-0.25, -0.2) is 4.39 Å². The number of halogens is 1. The highest BCUT2D eigenvalue weighted by Crippen LogP contribution is 2.36. The number of para-hydroxylation sites is 1. The number of hydrogen-bond donors (Lipinski definition) is 0. The molecule has 0 spiro atoms. The van der Waals surface area contributed by atoms with Gasteiger partial charge in [-0.15, -0.1) is 0 Å². The molecule has 5 rings (SSSR count). The largest absolute Gasteiger partial charge is 0.493 e. The summed E-state index contributed by atoms with van der Waals surface area (Å²) < 4.78 is 19.2. The number of fused-ring (bicyclic) bond motifs is 3. The second-order valence-corrected chi connectivity index (χ2v) is 10.8. The third-order valence-corrected chi connectivity index (χ3v) is 8.05. The van der Waals surface area contributed by atoms with Crippen LogP contribution in [-0.4, -0.2) is 59.9 Å². The highest BCUT2D eigenvalue weighted by atomic mass is 19.1. The molecule has 1 aliphatic carbocycles. The number of rotatable bonds is 6. The molecule has 37 heavy (non-hydrogen) atoms. The Morgan fingerprint density at radius 1 is 1.00 bits per heavy atom. The molecule has 2 aromatic rings. The summed E-state index contributed by atoms with van der Waals surface area (Å²) in [5.74, 6) is 0.893. The Hall–Kier alpha value is -2.93. The van der Waals surface area contributed by atoms with Crippen molar-refractivity contribution in [1.29, 1.82) is 0 Å². The van der Waals surface area contributed by atoms with E-state index in [1.54, 1.807) is 19.1 Å². The van der Waals surface area contributed by atoms with Crippen LogP contribution in [0, 0.1) is 11.7 Å². The second-order valence-electron chi connectivity index (χ2n) is 10.8. The molecule has 0 aromatic heterocycles. The van der Waals surface area contributed by atoms with Crippen LogP contribution in [0.2, 0.25) is 0 Å². The summed E-state index contributed by atoms with van der Waals surface area (Å²) in [6.45, 7) is 4.74. The van der Waals surface area contributed by atoms with Gasteiger partial charge in [-0.3, -0.25) is 14.5 Å². The first-order valence-corrected chi connectivity index (χ1v) is 13.8. The molecule has 7 heteroatoms. The number of hydrogen-bond acceptors (Lipinski definition) is 4. The van der Waals surface area contributed by atoms with Gasteiger partial charge in [0.2, 0.25) is 11.8 Å². The maximum Gasteiger partial charge on any atom is 0.226 e. The average Bonchev–Trinajstić information content (AvgIpc) is 3.70. The Balaban J connectivity index is 1.39. The fourth-order valence-corrected chi connectivity index (χ4v) is 5.94. The molecule has 2 amide bonds. The molecule has 2 bridgehead atoms. The molecule has 2 unspecified atom stereocenters. The minimum Gasteiger partial charge on any atom is -0.493 e. The third kappa shape index (κ3) is 6.50. The van der Waals surface area contributed by atoms with E-state index in [-0.39, 0.29) is 30.7 Å². The molecule has 2 heterocycles. The summed E-state index contributed by atoms with van der Waals surface area (Å²) >= 11 is 0. The predicted molar refractivity (Wildman–Crippen MR) is 142 cm³/mol. The van der Waals surface area contributed by atoms with Crippen molar-refractivity contribution >= 4 is 17.5 Å². The first-order valence-electron chi connectivity index (χ1n) is 13.8. The summed E-state index contributed by atoms with van der Waals surface area (Å²) in [5.41, 5.74) is 1.89. The van der Waals surface area contributed by atoms with Crippen molar-refractivity contribution in [3.63, 3.8) is 0 Å². The van der Waals surface area contributed by atoms with E-state index in [4.69, 9.17) is 4.74 Å². The van der Waals surface area contributed by atoms with Gasteiger partial charge in [0.25, 0.3) is 0 Å². The van der Waals surface area contributed by atoms with Gasteiger partial charge in [0.05, 0.1) is 13.0 Å². The van der Waals surface area contributed by atoms with Crippen LogP contribution >= 0.6 is 0 Å². The maximum atomic E-state index is 13.6. The van der Waals surface area contributed by atoms with Crippen molar-refractivity contribution in [3.8, 4) is 5.75 Å². The predicted octanol–water partition coefficient (Wildman–Crippen LogP) is 5.01. The van der Waals surface area contributed by atoms with Gasteiger partial charge < -0.3 is 14.5 Å². The Kier molecular flexibility index (Phi) is 8.08. The molecule has 3 aliphatic rings. The maximum absolute atomic E-state index is 13.6. The van der Waals surface area contributed by atoms with Crippen molar-refractivity contribution in [2.45, 2.75) is 70.5 Å². The lowest BCUT2D eigenvalue weighted by Gasteiger charge is -2.44. The van der Waals surface area contributed by atoms with Gasteiger partial charge in [0.15, 0.2) is 0 Å². The fourth-order valence-electron chi connectivity index (χ4n) is 5.94. The van der Waals surface area contributed by atoms with Crippen LogP contribution in [0.1, 0.15) is 57.4 Å². The Bertz CT molecular complexity index is 1100. The molecule has 6 nitrogen and oxygen atoms in total. The SMILES string of the molecule is CC(=O)N1CCC2CCCC(CN(C(=O)CCOc3cccc(F)c3)Cc3ccccc31)N2CC1CC1. The highest BCUT2D eigenvalue weighted by molar-refractivity contribution is 5.92. The van der Waals surface area contributed by atoms with E-state index in [0.717, 1.165) is 49.4 Å². The zero-order valence-electron chi connectivity index (χ0n) is 21.8. The quantitative estimate of drug-likeness (QED) is 0.552. The molecule has 2 atom stereocenters. The number of benzene rings is 2. The Morgan fingerprint density at radius 3 is 2.59 bits per heavy atom. The van der Waals surface area contributed by atoms with Crippen molar-refractivity contribution in [1.82, 2.24) is 9.80 Å². The topological polar surface area (TPSA) is 53.1 Å². The van der Waals surface area contributed by atoms with Gasteiger partial charge in [0.1, 0.15) is 11.6 Å². The first kappa shape index (κ1) is 25.7. The number of amides is 2. The summed E-state index contributed by atoms with van der Waals surface area (Å²) in [6, 6.07) is 14.7. The zero-order valence-corrected chi connectivity index (χ0v) is 21.8. The van der Waals surface area contributed by atoms with E-state index in [9.17, 15) is 14.0 Å². The Morgan fingerprint density at radius 2 is 1.81 bits per heavy atom. The molecular weight excluding hydrogens is 469 g/mol. The molecule has 0 N–H and O–H groups in total. The molecule has 2 aliphatic heterocycles.